The van der Waals surface area contributed by atoms with Gasteiger partial charge in [-0.15, -0.1) is 0 Å². The van der Waals surface area contributed by atoms with Gasteiger partial charge in [0.25, 0.3) is 0 Å². The zero-order valence-electron chi connectivity index (χ0n) is 7.98. The van der Waals surface area contributed by atoms with Gasteiger partial charge < -0.3 is 14.9 Å². The van der Waals surface area contributed by atoms with Crippen molar-refractivity contribution < 1.29 is 24.5 Å². The van der Waals surface area contributed by atoms with Gasteiger partial charge in [0.15, 0.2) is 0 Å². The fourth-order valence-electron chi connectivity index (χ4n) is 0.496. The molecular formula is C9H12O5. The lowest BCUT2D eigenvalue weighted by atomic mass is 10.3. The van der Waals surface area contributed by atoms with Crippen molar-refractivity contribution in [1.29, 1.82) is 0 Å². The molecule has 0 heterocycles. The van der Waals surface area contributed by atoms with Gasteiger partial charge in [0.2, 0.25) is 0 Å². The van der Waals surface area contributed by atoms with Crippen LogP contribution in [-0.4, -0.2) is 28.8 Å². The third kappa shape index (κ3) is 4.30. The van der Waals surface area contributed by atoms with Crippen molar-refractivity contribution in [2.24, 2.45) is 0 Å². The average molecular weight is 200 g/mol. The summed E-state index contributed by atoms with van der Waals surface area (Å²) in [4.78, 5) is 21.2. The number of ether oxygens (including phenoxy) is 1. The lowest BCUT2D eigenvalue weighted by Crippen LogP contribution is -2.07. The van der Waals surface area contributed by atoms with Gasteiger partial charge in [-0.2, -0.15) is 0 Å². The van der Waals surface area contributed by atoms with Gasteiger partial charge in [-0.25, -0.2) is 9.59 Å². The molecule has 5 nitrogen and oxygen atoms in total. The summed E-state index contributed by atoms with van der Waals surface area (Å²) >= 11 is 0. The first kappa shape index (κ1) is 12.2. The predicted molar refractivity (Wildman–Crippen MR) is 48.7 cm³/mol. The maximum absolute atomic E-state index is 10.9. The van der Waals surface area contributed by atoms with Crippen LogP contribution in [0.15, 0.2) is 23.5 Å². The molecule has 0 aliphatic heterocycles. The van der Waals surface area contributed by atoms with Crippen LogP contribution in [-0.2, 0) is 14.3 Å². The van der Waals surface area contributed by atoms with Gasteiger partial charge in [0.1, 0.15) is 6.61 Å². The van der Waals surface area contributed by atoms with Crippen molar-refractivity contribution in [1.82, 2.24) is 0 Å². The second kappa shape index (κ2) is 5.80. The van der Waals surface area contributed by atoms with Crippen LogP contribution in [0.4, 0.5) is 0 Å². The van der Waals surface area contributed by atoms with E-state index < -0.39 is 11.9 Å². The zero-order valence-corrected chi connectivity index (χ0v) is 7.98. The maximum atomic E-state index is 10.9. The number of carboxylic acids is 1. The molecule has 0 aromatic heterocycles. The van der Waals surface area contributed by atoms with Crippen molar-refractivity contribution in [3.8, 4) is 0 Å². The Morgan fingerprint density at radius 3 is 2.29 bits per heavy atom. The number of carboxylic acid groups (broad SMARTS) is 1. The number of carbonyl (C=O) groups excluding carboxylic acids is 1. The average Bonchev–Trinajstić information content (AvgIpc) is 2.15. The monoisotopic (exact) mass is 200 g/mol. The van der Waals surface area contributed by atoms with Crippen molar-refractivity contribution in [2.45, 2.75) is 13.8 Å². The van der Waals surface area contributed by atoms with Gasteiger partial charge in [0.05, 0.1) is 11.8 Å². The van der Waals surface area contributed by atoms with Crippen LogP contribution < -0.4 is 0 Å². The summed E-state index contributed by atoms with van der Waals surface area (Å²) in [6.07, 6.45) is 1.90. The molecule has 0 unspecified atom stereocenters. The molecule has 2 N–H and O–H groups in total. The molecule has 0 bridgehead atoms. The highest BCUT2D eigenvalue weighted by Crippen LogP contribution is 1.97. The van der Waals surface area contributed by atoms with Crippen LogP contribution in [0.5, 0.6) is 0 Å². The molecule has 0 radical (unpaired) electrons. The van der Waals surface area contributed by atoms with E-state index in [0.717, 1.165) is 0 Å². The highest BCUT2D eigenvalue weighted by Gasteiger charge is 2.05. The molecule has 0 rings (SSSR count). The number of carbonyl (C=O) groups is 2. The molecule has 0 atom stereocenters. The number of esters is 1. The molecule has 0 amide bonds. The van der Waals surface area contributed by atoms with E-state index in [4.69, 9.17) is 10.2 Å². The minimum atomic E-state index is -1.06. The van der Waals surface area contributed by atoms with Crippen LogP contribution in [0.1, 0.15) is 13.8 Å². The summed E-state index contributed by atoms with van der Waals surface area (Å²) < 4.78 is 4.61. The molecule has 0 saturated heterocycles. The van der Waals surface area contributed by atoms with Crippen LogP contribution in [0.25, 0.3) is 0 Å². The van der Waals surface area contributed by atoms with Gasteiger partial charge in [-0.3, -0.25) is 0 Å². The lowest BCUT2D eigenvalue weighted by Gasteiger charge is -2.00. The summed E-state index contributed by atoms with van der Waals surface area (Å²) in [6.45, 7) is 2.66. The Morgan fingerprint density at radius 1 is 1.29 bits per heavy atom. The first-order chi connectivity index (χ1) is 6.49. The van der Waals surface area contributed by atoms with Crippen molar-refractivity contribution in [2.75, 3.05) is 6.61 Å². The number of aliphatic hydroxyl groups is 1. The third-order valence-electron chi connectivity index (χ3n) is 1.46. The normalized spacial score (nSPS) is 12.4. The van der Waals surface area contributed by atoms with Crippen LogP contribution >= 0.6 is 0 Å². The van der Waals surface area contributed by atoms with Gasteiger partial charge in [0, 0.05) is 5.57 Å². The molecule has 0 spiro atoms. The maximum Gasteiger partial charge on any atom is 0.337 e. The summed E-state index contributed by atoms with van der Waals surface area (Å²) in [6, 6.07) is 0. The Labute approximate surface area is 81.3 Å². The summed E-state index contributed by atoms with van der Waals surface area (Å²) in [7, 11) is 0. The van der Waals surface area contributed by atoms with Gasteiger partial charge >= 0.3 is 11.9 Å². The Kier molecular flexibility index (Phi) is 5.06. The molecule has 0 aliphatic carbocycles. The molecule has 14 heavy (non-hydrogen) atoms. The summed E-state index contributed by atoms with van der Waals surface area (Å²) in [5, 5.41) is 16.9. The highest BCUT2D eigenvalue weighted by molar-refractivity contribution is 5.88. The van der Waals surface area contributed by atoms with E-state index in [-0.39, 0.29) is 17.8 Å². The van der Waals surface area contributed by atoms with Crippen molar-refractivity contribution in [3.63, 3.8) is 0 Å². The van der Waals surface area contributed by atoms with Gasteiger partial charge in [-0.1, -0.05) is 0 Å². The number of aliphatic hydroxyl groups excluding tert-OH is 1. The first-order valence-electron chi connectivity index (χ1n) is 3.87. The van der Waals surface area contributed by atoms with E-state index in [9.17, 15) is 9.59 Å². The fraction of sp³-hybridized carbons (Fsp3) is 0.333. The third-order valence-corrected chi connectivity index (χ3v) is 1.46. The topological polar surface area (TPSA) is 83.8 Å². The molecule has 0 aromatic rings. The standard InChI is InChI=1S/C9H12O5/c1-6(8(11)12)3-4-14-9(13)7(2)5-10/h3,5,10H,4H2,1-2H3,(H,11,12). The molecule has 0 fully saturated rings. The minimum Gasteiger partial charge on any atom is -0.515 e. The zero-order chi connectivity index (χ0) is 11.1. The number of rotatable bonds is 4. The Balaban J connectivity index is 4.03. The first-order valence-corrected chi connectivity index (χ1v) is 3.87. The van der Waals surface area contributed by atoms with E-state index in [2.05, 4.69) is 4.74 Å². The quantitative estimate of drug-likeness (QED) is 0.402. The Hall–Kier alpha value is -1.78. The summed E-state index contributed by atoms with van der Waals surface area (Å²) in [5.74, 6) is -1.74. The molecule has 0 aromatic carbocycles. The lowest BCUT2D eigenvalue weighted by molar-refractivity contribution is -0.138. The number of hydrogen-bond acceptors (Lipinski definition) is 4. The second-order valence-electron chi connectivity index (χ2n) is 2.60. The SMILES string of the molecule is CC(=CCOC(=O)C(C)=CO)C(=O)O. The van der Waals surface area contributed by atoms with Gasteiger partial charge in [-0.05, 0) is 19.9 Å². The van der Waals surface area contributed by atoms with E-state index in [1.807, 2.05) is 0 Å². The van der Waals surface area contributed by atoms with E-state index in [0.29, 0.717) is 6.26 Å². The van der Waals surface area contributed by atoms with Crippen molar-refractivity contribution in [3.05, 3.63) is 23.5 Å². The van der Waals surface area contributed by atoms with Crippen LogP contribution in [0.3, 0.4) is 0 Å². The minimum absolute atomic E-state index is 0.0615. The Bertz CT molecular complexity index is 288. The van der Waals surface area contributed by atoms with E-state index in [1.54, 1.807) is 0 Å². The van der Waals surface area contributed by atoms with E-state index in [1.165, 1.54) is 19.9 Å². The Morgan fingerprint density at radius 2 is 1.86 bits per heavy atom. The second-order valence-corrected chi connectivity index (χ2v) is 2.60. The van der Waals surface area contributed by atoms with Crippen LogP contribution in [0.2, 0.25) is 0 Å². The number of aliphatic carboxylic acids is 1. The molecule has 5 heteroatoms. The highest BCUT2D eigenvalue weighted by atomic mass is 16.5. The molecule has 78 valence electrons. The fourth-order valence-corrected chi connectivity index (χ4v) is 0.496. The molecule has 0 saturated carbocycles. The van der Waals surface area contributed by atoms with E-state index >= 15 is 0 Å². The predicted octanol–water partition coefficient (Wildman–Crippen LogP) is 1.02. The molecule has 0 aliphatic rings. The van der Waals surface area contributed by atoms with Crippen molar-refractivity contribution >= 4 is 11.9 Å². The van der Waals surface area contributed by atoms with Crippen LogP contribution in [0, 0.1) is 0 Å². The molecular weight excluding hydrogens is 188 g/mol. The number of hydrogen-bond donors (Lipinski definition) is 2. The summed E-state index contributed by atoms with van der Waals surface area (Å²) in [5.41, 5.74) is 0.162. The largest absolute Gasteiger partial charge is 0.515 e. The smallest absolute Gasteiger partial charge is 0.337 e.